The molecule has 0 aromatic carbocycles. The monoisotopic (exact) mass is 520 g/mol. The first-order chi connectivity index (χ1) is 18.3. The predicted molar refractivity (Wildman–Crippen MR) is 142 cm³/mol. The van der Waals surface area contributed by atoms with Crippen LogP contribution in [0, 0.1) is 0 Å². The van der Waals surface area contributed by atoms with E-state index in [1.807, 2.05) is 0 Å². The third kappa shape index (κ3) is 11.3. The number of pyridine rings is 1. The van der Waals surface area contributed by atoms with Crippen LogP contribution in [-0.4, -0.2) is 62.0 Å². The van der Waals surface area contributed by atoms with Gasteiger partial charge >= 0.3 is 0 Å². The van der Waals surface area contributed by atoms with Gasteiger partial charge in [-0.2, -0.15) is 0 Å². The number of aromatic nitrogens is 1. The van der Waals surface area contributed by atoms with Crippen LogP contribution in [-0.2, 0) is 23.7 Å². The molecule has 37 heavy (non-hydrogen) atoms. The summed E-state index contributed by atoms with van der Waals surface area (Å²) in [7, 11) is 0. The molecule has 0 spiro atoms. The molecule has 0 bridgehead atoms. The molecule has 1 aromatic heterocycles. The van der Waals surface area contributed by atoms with E-state index in [-0.39, 0.29) is 25.6 Å². The Bertz CT molecular complexity index is 722. The van der Waals surface area contributed by atoms with Gasteiger partial charge in [-0.25, -0.2) is 0 Å². The fraction of sp³-hybridized carbons (Fsp3) is 0.793. The van der Waals surface area contributed by atoms with Crippen molar-refractivity contribution >= 4 is 5.91 Å². The Hall–Kier alpha value is -1.74. The average molecular weight is 521 g/mol. The molecule has 2 aliphatic heterocycles. The minimum atomic E-state index is -0.710. The molecule has 210 valence electrons. The van der Waals surface area contributed by atoms with E-state index < -0.39 is 18.3 Å². The van der Waals surface area contributed by atoms with Crippen LogP contribution in [0.4, 0.5) is 0 Å². The fourth-order valence-corrected chi connectivity index (χ4v) is 4.97. The van der Waals surface area contributed by atoms with Gasteiger partial charge in [-0.15, -0.1) is 0 Å². The fourth-order valence-electron chi connectivity index (χ4n) is 4.97. The van der Waals surface area contributed by atoms with E-state index in [1.165, 1.54) is 77.0 Å². The predicted octanol–water partition coefficient (Wildman–Crippen LogP) is 5.54. The zero-order valence-electron chi connectivity index (χ0n) is 22.7. The maximum Gasteiger partial charge on any atom is 0.252 e. The van der Waals surface area contributed by atoms with Crippen molar-refractivity contribution in [3.63, 3.8) is 0 Å². The number of fused-ring (bicyclic) bond motifs is 1. The molecular formula is C29H48N2O6. The summed E-state index contributed by atoms with van der Waals surface area (Å²) in [5.41, 5.74) is 0. The summed E-state index contributed by atoms with van der Waals surface area (Å²) in [6, 6.07) is 3.57. The van der Waals surface area contributed by atoms with Crippen molar-refractivity contribution < 1.29 is 28.5 Å². The highest BCUT2D eigenvalue weighted by atomic mass is 16.8. The lowest BCUT2D eigenvalue weighted by atomic mass is 10.00. The number of rotatable bonds is 19. The molecule has 0 radical (unpaired) electrons. The first-order valence-corrected chi connectivity index (χ1v) is 14.6. The van der Waals surface area contributed by atoms with Crippen molar-refractivity contribution in [3.8, 4) is 5.75 Å². The first-order valence-electron chi connectivity index (χ1n) is 14.6. The van der Waals surface area contributed by atoms with Crippen LogP contribution < -0.4 is 10.1 Å². The van der Waals surface area contributed by atoms with Gasteiger partial charge in [0.25, 0.3) is 5.91 Å². The highest BCUT2D eigenvalue weighted by Crippen LogP contribution is 2.27. The normalized spacial score (nSPS) is 23.4. The Morgan fingerprint density at radius 3 is 2.03 bits per heavy atom. The number of hydrogen-bond acceptors (Lipinski definition) is 7. The average Bonchev–Trinajstić information content (AvgIpc) is 2.94. The molecule has 4 atom stereocenters. The maximum absolute atomic E-state index is 12.8. The summed E-state index contributed by atoms with van der Waals surface area (Å²) in [6.07, 6.45) is 19.8. The summed E-state index contributed by atoms with van der Waals surface area (Å²) in [5, 5.41) is 3.02. The van der Waals surface area contributed by atoms with Crippen molar-refractivity contribution in [1.82, 2.24) is 10.3 Å². The summed E-state index contributed by atoms with van der Waals surface area (Å²) < 4.78 is 28.6. The van der Waals surface area contributed by atoms with Crippen LogP contribution >= 0.6 is 0 Å². The van der Waals surface area contributed by atoms with Crippen molar-refractivity contribution in [1.29, 1.82) is 0 Å². The third-order valence-electron chi connectivity index (χ3n) is 7.19. The molecule has 2 fully saturated rings. The number of amides is 1. The molecule has 8 nitrogen and oxygen atoms in total. The van der Waals surface area contributed by atoms with Gasteiger partial charge < -0.3 is 29.0 Å². The van der Waals surface area contributed by atoms with Crippen LogP contribution in [0.2, 0.25) is 0 Å². The smallest absolute Gasteiger partial charge is 0.252 e. The standard InChI is InChI=1S/C29H48N2O6/c1-2-3-4-5-6-7-8-9-10-11-12-13-14-15-18-31-29(32)28-27-26(35-23-37-28)25(34-22-36-27)21-33-24-16-19-30-20-17-24/h16-17,19-20,25-28H,2-15,18,21-23H2,1H3,(H,31,32)/t25-,26-,27+,28-/m1/s1. The third-order valence-corrected chi connectivity index (χ3v) is 7.19. The number of nitrogens with zero attached hydrogens (tertiary/aromatic N) is 1. The Labute approximate surface area is 223 Å². The molecular weight excluding hydrogens is 472 g/mol. The Balaban J connectivity index is 1.22. The lowest BCUT2D eigenvalue weighted by molar-refractivity contribution is -0.319. The van der Waals surface area contributed by atoms with Crippen LogP contribution in [0.15, 0.2) is 24.5 Å². The van der Waals surface area contributed by atoms with E-state index in [4.69, 9.17) is 23.7 Å². The number of hydrogen-bond donors (Lipinski definition) is 1. The second-order valence-electron chi connectivity index (χ2n) is 10.2. The van der Waals surface area contributed by atoms with Crippen LogP contribution in [0.1, 0.15) is 96.8 Å². The molecule has 1 amide bonds. The van der Waals surface area contributed by atoms with E-state index in [1.54, 1.807) is 24.5 Å². The molecule has 2 aliphatic rings. The Morgan fingerprint density at radius 1 is 0.811 bits per heavy atom. The highest BCUT2D eigenvalue weighted by molar-refractivity contribution is 5.81. The summed E-state index contributed by atoms with van der Waals surface area (Å²) in [4.78, 5) is 16.8. The molecule has 8 heteroatoms. The minimum Gasteiger partial charge on any atom is -0.491 e. The zero-order chi connectivity index (χ0) is 26.0. The topological polar surface area (TPSA) is 88.1 Å². The number of nitrogens with one attached hydrogen (secondary N) is 1. The quantitative estimate of drug-likeness (QED) is 0.240. The molecule has 3 rings (SSSR count). The Kier molecular flexibility index (Phi) is 14.9. The summed E-state index contributed by atoms with van der Waals surface area (Å²) in [5.74, 6) is 0.555. The lowest BCUT2D eigenvalue weighted by Gasteiger charge is -2.43. The van der Waals surface area contributed by atoms with Crippen molar-refractivity contribution in [2.75, 3.05) is 26.7 Å². The molecule has 1 aromatic rings. The molecule has 0 saturated carbocycles. The molecule has 0 aliphatic carbocycles. The maximum atomic E-state index is 12.8. The number of unbranched alkanes of at least 4 members (excludes halogenated alkanes) is 13. The summed E-state index contributed by atoms with van der Waals surface area (Å²) in [6.45, 7) is 3.31. The van der Waals surface area contributed by atoms with Gasteiger partial charge in [0.2, 0.25) is 0 Å². The largest absolute Gasteiger partial charge is 0.491 e. The van der Waals surface area contributed by atoms with Gasteiger partial charge in [0, 0.05) is 18.9 Å². The second kappa shape index (κ2) is 18.5. The van der Waals surface area contributed by atoms with Gasteiger partial charge in [0.05, 0.1) is 0 Å². The van der Waals surface area contributed by atoms with Gasteiger partial charge in [-0.1, -0.05) is 90.4 Å². The minimum absolute atomic E-state index is 0.0244. The van der Waals surface area contributed by atoms with Crippen molar-refractivity contribution in [2.24, 2.45) is 0 Å². The number of carbonyl (C=O) groups is 1. The van der Waals surface area contributed by atoms with Crippen LogP contribution in [0.5, 0.6) is 5.75 Å². The number of ether oxygens (including phenoxy) is 5. The van der Waals surface area contributed by atoms with Gasteiger partial charge in [-0.3, -0.25) is 9.78 Å². The van der Waals surface area contributed by atoms with Gasteiger partial charge in [0.1, 0.15) is 44.3 Å². The second-order valence-corrected chi connectivity index (χ2v) is 10.2. The van der Waals surface area contributed by atoms with Crippen molar-refractivity contribution in [2.45, 2.75) is 121 Å². The van der Waals surface area contributed by atoms with Crippen LogP contribution in [0.25, 0.3) is 0 Å². The van der Waals surface area contributed by atoms with E-state index in [0.717, 1.165) is 12.8 Å². The summed E-state index contributed by atoms with van der Waals surface area (Å²) >= 11 is 0. The van der Waals surface area contributed by atoms with E-state index in [2.05, 4.69) is 17.2 Å². The van der Waals surface area contributed by atoms with Gasteiger partial charge in [-0.05, 0) is 18.6 Å². The zero-order valence-corrected chi connectivity index (χ0v) is 22.7. The molecule has 3 heterocycles. The van der Waals surface area contributed by atoms with Crippen LogP contribution in [0.3, 0.4) is 0 Å². The number of carbonyl (C=O) groups excluding carboxylic acids is 1. The van der Waals surface area contributed by atoms with E-state index in [9.17, 15) is 4.79 Å². The Morgan fingerprint density at radius 2 is 1.38 bits per heavy atom. The SMILES string of the molecule is CCCCCCCCCCCCCCCCNC(=O)[C@@H]1OCO[C@H]2[C@@H]1OCO[C@@H]2COc1ccncc1. The molecule has 0 unspecified atom stereocenters. The molecule has 1 N–H and O–H groups in total. The highest BCUT2D eigenvalue weighted by Gasteiger charge is 2.47. The van der Waals surface area contributed by atoms with E-state index >= 15 is 0 Å². The lowest BCUT2D eigenvalue weighted by Crippen LogP contribution is -2.61. The first kappa shape index (κ1) is 29.8. The van der Waals surface area contributed by atoms with E-state index in [0.29, 0.717) is 18.9 Å². The molecule has 2 saturated heterocycles. The van der Waals surface area contributed by atoms with Crippen molar-refractivity contribution in [3.05, 3.63) is 24.5 Å². The van der Waals surface area contributed by atoms with Gasteiger partial charge in [0.15, 0.2) is 6.10 Å².